The fourth-order valence-electron chi connectivity index (χ4n) is 1.47. The summed E-state index contributed by atoms with van der Waals surface area (Å²) in [6.07, 6.45) is 0.365. The molecule has 0 aromatic heterocycles. The Kier molecular flexibility index (Phi) is 2.09. The van der Waals surface area contributed by atoms with E-state index in [1.54, 1.807) is 0 Å². The third-order valence-corrected chi connectivity index (χ3v) is 2.59. The maximum absolute atomic E-state index is 11.1. The van der Waals surface area contributed by atoms with E-state index in [4.69, 9.17) is 5.73 Å². The summed E-state index contributed by atoms with van der Waals surface area (Å²) in [6.45, 7) is 0. The lowest BCUT2D eigenvalue weighted by Crippen LogP contribution is -2.27. The van der Waals surface area contributed by atoms with E-state index in [0.29, 0.717) is 6.42 Å². The maximum Gasteiger partial charge on any atom is 0.226 e. The number of hydrogen-bond acceptors (Lipinski definition) is 2. The standard InChI is InChI=1S/C9H9BrN2O/c10-5-1-2-8-6(3-5)7(11)4-9(13)12-8/h1-3,7H,4,11H2,(H,12,13). The molecule has 3 N–H and O–H groups in total. The number of carbonyl (C=O) groups is 1. The molecular formula is C9H9BrN2O. The highest BCUT2D eigenvalue weighted by Crippen LogP contribution is 2.30. The predicted molar refractivity (Wildman–Crippen MR) is 54.3 cm³/mol. The van der Waals surface area contributed by atoms with Gasteiger partial charge in [-0.15, -0.1) is 0 Å². The summed E-state index contributed by atoms with van der Waals surface area (Å²) < 4.78 is 0.984. The predicted octanol–water partition coefficient (Wildman–Crippen LogP) is 1.79. The van der Waals surface area contributed by atoms with Crippen LogP contribution in [0.5, 0.6) is 0 Å². The summed E-state index contributed by atoms with van der Waals surface area (Å²) in [5.41, 5.74) is 7.64. The van der Waals surface area contributed by atoms with E-state index < -0.39 is 0 Å². The van der Waals surface area contributed by atoms with Gasteiger partial charge in [0.15, 0.2) is 0 Å². The molecule has 68 valence electrons. The Labute approximate surface area is 84.4 Å². The smallest absolute Gasteiger partial charge is 0.226 e. The number of nitrogens with one attached hydrogen (secondary N) is 1. The SMILES string of the molecule is NC1CC(=O)Nc2ccc(Br)cc21. The molecule has 1 heterocycles. The molecule has 1 amide bonds. The molecule has 0 radical (unpaired) electrons. The highest BCUT2D eigenvalue weighted by Gasteiger charge is 2.21. The normalized spacial score (nSPS) is 20.8. The molecule has 3 nitrogen and oxygen atoms in total. The van der Waals surface area contributed by atoms with Crippen LogP contribution in [0.4, 0.5) is 5.69 Å². The van der Waals surface area contributed by atoms with Crippen LogP contribution < -0.4 is 11.1 Å². The zero-order valence-electron chi connectivity index (χ0n) is 6.88. The van der Waals surface area contributed by atoms with Crippen LogP contribution in [-0.4, -0.2) is 5.91 Å². The molecule has 0 bridgehead atoms. The van der Waals surface area contributed by atoms with Crippen molar-refractivity contribution in [3.63, 3.8) is 0 Å². The minimum absolute atomic E-state index is 0.0117. The molecule has 1 atom stereocenters. The average molecular weight is 241 g/mol. The highest BCUT2D eigenvalue weighted by atomic mass is 79.9. The van der Waals surface area contributed by atoms with Gasteiger partial charge in [0.2, 0.25) is 5.91 Å². The van der Waals surface area contributed by atoms with E-state index in [1.807, 2.05) is 18.2 Å². The second-order valence-corrected chi connectivity index (χ2v) is 4.01. The van der Waals surface area contributed by atoms with Crippen molar-refractivity contribution >= 4 is 27.5 Å². The topological polar surface area (TPSA) is 55.1 Å². The van der Waals surface area contributed by atoms with Crippen molar-refractivity contribution in [2.45, 2.75) is 12.5 Å². The highest BCUT2D eigenvalue weighted by molar-refractivity contribution is 9.10. The molecule has 1 aliphatic heterocycles. The van der Waals surface area contributed by atoms with Crippen LogP contribution in [0.15, 0.2) is 22.7 Å². The third-order valence-electron chi connectivity index (χ3n) is 2.09. The van der Waals surface area contributed by atoms with Gasteiger partial charge in [-0.25, -0.2) is 0 Å². The lowest BCUT2D eigenvalue weighted by Gasteiger charge is -2.22. The number of halogens is 1. The first-order chi connectivity index (χ1) is 6.16. The molecule has 1 unspecified atom stereocenters. The summed E-state index contributed by atoms with van der Waals surface area (Å²) in [7, 11) is 0. The fourth-order valence-corrected chi connectivity index (χ4v) is 1.84. The van der Waals surface area contributed by atoms with E-state index in [0.717, 1.165) is 15.7 Å². The van der Waals surface area contributed by atoms with Crippen molar-refractivity contribution in [2.75, 3.05) is 5.32 Å². The second-order valence-electron chi connectivity index (χ2n) is 3.09. The van der Waals surface area contributed by atoms with Gasteiger partial charge in [-0.1, -0.05) is 15.9 Å². The Morgan fingerprint density at radius 1 is 1.54 bits per heavy atom. The molecule has 4 heteroatoms. The Balaban J connectivity index is 2.49. The first-order valence-corrected chi connectivity index (χ1v) is 4.81. The molecule has 0 saturated heterocycles. The third kappa shape index (κ3) is 1.59. The van der Waals surface area contributed by atoms with Gasteiger partial charge in [-0.3, -0.25) is 4.79 Å². The fraction of sp³-hybridized carbons (Fsp3) is 0.222. The van der Waals surface area contributed by atoms with Gasteiger partial charge >= 0.3 is 0 Å². The summed E-state index contributed by atoms with van der Waals surface area (Å²) >= 11 is 3.36. The first-order valence-electron chi connectivity index (χ1n) is 4.01. The molecule has 1 aromatic carbocycles. The minimum Gasteiger partial charge on any atom is -0.326 e. The van der Waals surface area contributed by atoms with Crippen molar-refractivity contribution in [2.24, 2.45) is 5.73 Å². The van der Waals surface area contributed by atoms with E-state index in [2.05, 4.69) is 21.2 Å². The zero-order valence-corrected chi connectivity index (χ0v) is 8.47. The number of anilines is 1. The molecule has 0 saturated carbocycles. The molecule has 0 aliphatic carbocycles. The van der Waals surface area contributed by atoms with Crippen LogP contribution in [0.1, 0.15) is 18.0 Å². The quantitative estimate of drug-likeness (QED) is 0.727. The largest absolute Gasteiger partial charge is 0.326 e. The van der Waals surface area contributed by atoms with Gasteiger partial charge in [0.05, 0.1) is 0 Å². The van der Waals surface area contributed by atoms with Gasteiger partial charge in [-0.2, -0.15) is 0 Å². The number of fused-ring (bicyclic) bond motifs is 1. The van der Waals surface area contributed by atoms with Crippen LogP contribution in [0, 0.1) is 0 Å². The maximum atomic E-state index is 11.1. The number of benzene rings is 1. The Hall–Kier alpha value is -0.870. The molecule has 2 rings (SSSR count). The molecule has 13 heavy (non-hydrogen) atoms. The monoisotopic (exact) mass is 240 g/mol. The van der Waals surface area contributed by atoms with Crippen LogP contribution in [0.2, 0.25) is 0 Å². The second kappa shape index (κ2) is 3.12. The van der Waals surface area contributed by atoms with Crippen LogP contribution in [0.3, 0.4) is 0 Å². The molecule has 1 aliphatic rings. The van der Waals surface area contributed by atoms with E-state index in [9.17, 15) is 4.79 Å². The van der Waals surface area contributed by atoms with E-state index >= 15 is 0 Å². The van der Waals surface area contributed by atoms with E-state index in [1.165, 1.54) is 0 Å². The number of carbonyl (C=O) groups excluding carboxylic acids is 1. The van der Waals surface area contributed by atoms with Gasteiger partial charge in [0.1, 0.15) is 0 Å². The zero-order chi connectivity index (χ0) is 9.42. The van der Waals surface area contributed by atoms with Gasteiger partial charge in [-0.05, 0) is 23.8 Å². The number of rotatable bonds is 0. The Morgan fingerprint density at radius 2 is 2.31 bits per heavy atom. The molecule has 0 spiro atoms. The van der Waals surface area contributed by atoms with Gasteiger partial charge in [0.25, 0.3) is 0 Å². The van der Waals surface area contributed by atoms with Crippen molar-refractivity contribution < 1.29 is 4.79 Å². The summed E-state index contributed by atoms with van der Waals surface area (Å²) in [6, 6.07) is 5.51. The van der Waals surface area contributed by atoms with Crippen LogP contribution in [-0.2, 0) is 4.79 Å². The van der Waals surface area contributed by atoms with Crippen molar-refractivity contribution in [1.29, 1.82) is 0 Å². The minimum atomic E-state index is -0.179. The Morgan fingerprint density at radius 3 is 3.08 bits per heavy atom. The number of hydrogen-bond donors (Lipinski definition) is 2. The van der Waals surface area contributed by atoms with Crippen LogP contribution >= 0.6 is 15.9 Å². The van der Waals surface area contributed by atoms with Crippen molar-refractivity contribution in [1.82, 2.24) is 0 Å². The van der Waals surface area contributed by atoms with Gasteiger partial charge in [0, 0.05) is 22.6 Å². The lowest BCUT2D eigenvalue weighted by molar-refractivity contribution is -0.116. The number of nitrogens with two attached hydrogens (primary N) is 1. The van der Waals surface area contributed by atoms with Crippen molar-refractivity contribution in [3.05, 3.63) is 28.2 Å². The van der Waals surface area contributed by atoms with Crippen LogP contribution in [0.25, 0.3) is 0 Å². The average Bonchev–Trinajstić information content (AvgIpc) is 2.06. The summed E-state index contributed by atoms with van der Waals surface area (Å²) in [4.78, 5) is 11.1. The first kappa shape index (κ1) is 8.72. The Bertz CT molecular complexity index is 365. The summed E-state index contributed by atoms with van der Waals surface area (Å²) in [5, 5.41) is 2.78. The van der Waals surface area contributed by atoms with E-state index in [-0.39, 0.29) is 11.9 Å². The lowest BCUT2D eigenvalue weighted by atomic mass is 9.98. The summed E-state index contributed by atoms with van der Waals surface area (Å²) in [5.74, 6) is -0.0117. The molecule has 1 aromatic rings. The van der Waals surface area contributed by atoms with Gasteiger partial charge < -0.3 is 11.1 Å². The molecular weight excluding hydrogens is 232 g/mol. The number of amides is 1. The molecule has 0 fully saturated rings. The van der Waals surface area contributed by atoms with Crippen molar-refractivity contribution in [3.8, 4) is 0 Å².